The Kier molecular flexibility index (Phi) is 7.53. The lowest BCUT2D eigenvalue weighted by molar-refractivity contribution is -0.121. The summed E-state index contributed by atoms with van der Waals surface area (Å²) in [5, 5.41) is 7.49. The van der Waals surface area contributed by atoms with Gasteiger partial charge in [-0.3, -0.25) is 18.9 Å². The van der Waals surface area contributed by atoms with Crippen LogP contribution in [0.1, 0.15) is 57.2 Å². The molecule has 0 unspecified atom stereocenters. The van der Waals surface area contributed by atoms with Crippen LogP contribution < -0.4 is 10.9 Å². The number of carbonyl (C=O) groups is 1. The Morgan fingerprint density at radius 2 is 1.89 bits per heavy atom. The van der Waals surface area contributed by atoms with Crippen molar-refractivity contribution >= 4 is 22.5 Å². The van der Waals surface area contributed by atoms with Crippen molar-refractivity contribution in [2.75, 3.05) is 39.3 Å². The average Bonchev–Trinajstić information content (AvgIpc) is 3.48. The number of piperazine rings is 1. The van der Waals surface area contributed by atoms with Crippen LogP contribution in [0.3, 0.4) is 0 Å². The van der Waals surface area contributed by atoms with Crippen LogP contribution in [0.25, 0.3) is 16.6 Å². The van der Waals surface area contributed by atoms with Crippen molar-refractivity contribution in [3.8, 4) is 0 Å². The van der Waals surface area contributed by atoms with Gasteiger partial charge in [-0.05, 0) is 39.2 Å². The maximum absolute atomic E-state index is 12.8. The number of fused-ring (bicyclic) bond motifs is 3. The van der Waals surface area contributed by atoms with Crippen molar-refractivity contribution in [3.05, 3.63) is 34.6 Å². The third-order valence-corrected chi connectivity index (χ3v) is 7.71. The summed E-state index contributed by atoms with van der Waals surface area (Å²) in [6.07, 6.45) is 10.5. The standard InChI is InChI=1S/C26H38N6O3/c1-20-28-31(26(34)23-19-24-22(32(20)23)10-18-35-24)13-5-9-25(33)27-11-6-12-29-14-16-30(17-15-29)21-7-3-2-4-8-21/h10,18-19,21H,2-9,11-17H2,1H3,(H,27,33). The van der Waals surface area contributed by atoms with Crippen molar-refractivity contribution < 1.29 is 9.21 Å². The normalized spacial score (nSPS) is 18.5. The molecule has 3 aromatic rings. The molecule has 0 bridgehead atoms. The summed E-state index contributed by atoms with van der Waals surface area (Å²) in [7, 11) is 0. The molecule has 0 atom stereocenters. The fourth-order valence-corrected chi connectivity index (χ4v) is 5.79. The first-order chi connectivity index (χ1) is 17.1. The van der Waals surface area contributed by atoms with Gasteiger partial charge in [-0.2, -0.15) is 5.10 Å². The summed E-state index contributed by atoms with van der Waals surface area (Å²) in [5.74, 6) is 0.762. The summed E-state index contributed by atoms with van der Waals surface area (Å²) in [6.45, 7) is 8.69. The Bertz CT molecular complexity index is 1200. The highest BCUT2D eigenvalue weighted by Gasteiger charge is 2.24. The van der Waals surface area contributed by atoms with E-state index in [0.717, 1.165) is 43.4 Å². The van der Waals surface area contributed by atoms with Gasteiger partial charge in [-0.15, -0.1) is 0 Å². The van der Waals surface area contributed by atoms with E-state index >= 15 is 0 Å². The number of hydrogen-bond donors (Lipinski definition) is 1. The fraction of sp³-hybridized carbons (Fsp3) is 0.654. The van der Waals surface area contributed by atoms with Crippen LogP contribution in [0.4, 0.5) is 0 Å². The van der Waals surface area contributed by atoms with Gasteiger partial charge in [0.25, 0.3) is 5.56 Å². The Morgan fingerprint density at radius 3 is 2.69 bits per heavy atom. The van der Waals surface area contributed by atoms with E-state index in [9.17, 15) is 9.59 Å². The molecule has 1 N–H and O–H groups in total. The van der Waals surface area contributed by atoms with Gasteiger partial charge >= 0.3 is 0 Å². The molecule has 4 heterocycles. The van der Waals surface area contributed by atoms with Gasteiger partial charge in [0, 0.05) is 63.9 Å². The van der Waals surface area contributed by atoms with Crippen molar-refractivity contribution in [2.24, 2.45) is 0 Å². The van der Waals surface area contributed by atoms with Crippen molar-refractivity contribution in [3.63, 3.8) is 0 Å². The van der Waals surface area contributed by atoms with Crippen LogP contribution in [-0.4, -0.2) is 75.2 Å². The first kappa shape index (κ1) is 24.1. The summed E-state index contributed by atoms with van der Waals surface area (Å²) in [4.78, 5) is 30.3. The molecule has 1 saturated carbocycles. The van der Waals surface area contributed by atoms with Crippen LogP contribution >= 0.6 is 0 Å². The maximum Gasteiger partial charge on any atom is 0.291 e. The van der Waals surface area contributed by atoms with Gasteiger partial charge in [0.05, 0.1) is 11.8 Å². The van der Waals surface area contributed by atoms with E-state index in [2.05, 4.69) is 20.2 Å². The number of rotatable bonds is 9. The van der Waals surface area contributed by atoms with Crippen LogP contribution in [0.2, 0.25) is 0 Å². The SMILES string of the molecule is Cc1nn(CCCC(=O)NCCCN2CCN(C3CCCCC3)CC2)c(=O)c2cc3occc3n12. The van der Waals surface area contributed by atoms with Crippen molar-refractivity contribution in [1.29, 1.82) is 0 Å². The molecular weight excluding hydrogens is 444 g/mol. The molecular formula is C26H38N6O3. The molecule has 0 radical (unpaired) electrons. The highest BCUT2D eigenvalue weighted by Crippen LogP contribution is 2.23. The van der Waals surface area contributed by atoms with Crippen molar-refractivity contribution in [2.45, 2.75) is 70.9 Å². The van der Waals surface area contributed by atoms with Gasteiger partial charge < -0.3 is 14.6 Å². The second-order valence-corrected chi connectivity index (χ2v) is 10.1. The number of nitrogens with one attached hydrogen (secondary N) is 1. The summed E-state index contributed by atoms with van der Waals surface area (Å²) in [5.41, 5.74) is 1.91. The average molecular weight is 483 g/mol. The second kappa shape index (κ2) is 11.0. The van der Waals surface area contributed by atoms with Gasteiger partial charge in [-0.1, -0.05) is 19.3 Å². The smallest absolute Gasteiger partial charge is 0.291 e. The molecule has 1 amide bonds. The Hall–Kier alpha value is -2.65. The van der Waals surface area contributed by atoms with Gasteiger partial charge in [0.1, 0.15) is 11.3 Å². The van der Waals surface area contributed by atoms with E-state index < -0.39 is 0 Å². The van der Waals surface area contributed by atoms with Crippen LogP contribution in [0, 0.1) is 6.92 Å². The molecule has 0 aromatic carbocycles. The van der Waals surface area contributed by atoms with Crippen LogP contribution in [0.5, 0.6) is 0 Å². The minimum atomic E-state index is -0.161. The molecule has 9 heteroatoms. The number of furan rings is 1. The Labute approximate surface area is 206 Å². The molecule has 5 rings (SSSR count). The number of aromatic nitrogens is 3. The quantitative estimate of drug-likeness (QED) is 0.472. The van der Waals surface area contributed by atoms with Crippen LogP contribution in [0.15, 0.2) is 27.6 Å². The molecule has 9 nitrogen and oxygen atoms in total. The number of amides is 1. The summed E-state index contributed by atoms with van der Waals surface area (Å²) < 4.78 is 8.71. The minimum absolute atomic E-state index is 0.0400. The van der Waals surface area contributed by atoms with Gasteiger partial charge in [-0.25, -0.2) is 4.68 Å². The molecule has 3 aromatic heterocycles. The third-order valence-electron chi connectivity index (χ3n) is 7.71. The molecule has 0 spiro atoms. The largest absolute Gasteiger partial charge is 0.463 e. The summed E-state index contributed by atoms with van der Waals surface area (Å²) in [6, 6.07) is 4.41. The highest BCUT2D eigenvalue weighted by molar-refractivity contribution is 5.82. The first-order valence-corrected chi connectivity index (χ1v) is 13.3. The van der Waals surface area contributed by atoms with Crippen LogP contribution in [-0.2, 0) is 11.3 Å². The summed E-state index contributed by atoms with van der Waals surface area (Å²) >= 11 is 0. The zero-order chi connectivity index (χ0) is 24.2. The topological polar surface area (TPSA) is 88.0 Å². The number of hydrogen-bond acceptors (Lipinski definition) is 6. The van der Waals surface area contributed by atoms with E-state index in [-0.39, 0.29) is 11.5 Å². The maximum atomic E-state index is 12.8. The van der Waals surface area contributed by atoms with E-state index in [0.29, 0.717) is 37.0 Å². The molecule has 190 valence electrons. The van der Waals surface area contributed by atoms with E-state index in [1.165, 1.54) is 49.9 Å². The Balaban J connectivity index is 1.000. The first-order valence-electron chi connectivity index (χ1n) is 13.3. The lowest BCUT2D eigenvalue weighted by Gasteiger charge is -2.40. The second-order valence-electron chi connectivity index (χ2n) is 10.1. The number of aryl methyl sites for hydroxylation is 2. The predicted octanol–water partition coefficient (Wildman–Crippen LogP) is 2.79. The molecule has 1 aliphatic heterocycles. The monoisotopic (exact) mass is 482 g/mol. The third kappa shape index (κ3) is 5.46. The molecule has 2 aliphatic rings. The lowest BCUT2D eigenvalue weighted by atomic mass is 9.94. The van der Waals surface area contributed by atoms with E-state index in [4.69, 9.17) is 4.42 Å². The molecule has 1 aliphatic carbocycles. The molecule has 2 fully saturated rings. The minimum Gasteiger partial charge on any atom is -0.463 e. The molecule has 35 heavy (non-hydrogen) atoms. The number of carbonyl (C=O) groups excluding carboxylic acids is 1. The number of nitrogens with zero attached hydrogens (tertiary/aromatic N) is 5. The predicted molar refractivity (Wildman–Crippen MR) is 136 cm³/mol. The van der Waals surface area contributed by atoms with E-state index in [1.54, 1.807) is 12.3 Å². The van der Waals surface area contributed by atoms with Gasteiger partial charge in [0.2, 0.25) is 5.91 Å². The molecule has 1 saturated heterocycles. The van der Waals surface area contributed by atoms with Gasteiger partial charge in [0.15, 0.2) is 5.58 Å². The fourth-order valence-electron chi connectivity index (χ4n) is 5.79. The van der Waals surface area contributed by atoms with Crippen molar-refractivity contribution in [1.82, 2.24) is 29.3 Å². The van der Waals surface area contributed by atoms with E-state index in [1.807, 2.05) is 17.4 Å². The highest BCUT2D eigenvalue weighted by atomic mass is 16.3. The Morgan fingerprint density at radius 1 is 1.09 bits per heavy atom. The lowest BCUT2D eigenvalue weighted by Crippen LogP contribution is -2.51. The zero-order valence-corrected chi connectivity index (χ0v) is 20.9. The zero-order valence-electron chi connectivity index (χ0n) is 20.9.